The van der Waals surface area contributed by atoms with Crippen LogP contribution in [0.25, 0.3) is 0 Å². The van der Waals surface area contributed by atoms with Crippen LogP contribution in [0, 0.1) is 6.92 Å². The van der Waals surface area contributed by atoms with Crippen LogP contribution in [0.15, 0.2) is 24.3 Å². The van der Waals surface area contributed by atoms with E-state index in [2.05, 4.69) is 10.4 Å². The van der Waals surface area contributed by atoms with Crippen LogP contribution < -0.4 is 10.1 Å². The maximum Gasteiger partial charge on any atom is 0.226 e. The van der Waals surface area contributed by atoms with Gasteiger partial charge in [0.1, 0.15) is 11.6 Å². The van der Waals surface area contributed by atoms with Gasteiger partial charge in [-0.1, -0.05) is 12.1 Å². The number of ether oxygens (including phenoxy) is 1. The Morgan fingerprint density at radius 2 is 2.00 bits per heavy atom. The van der Waals surface area contributed by atoms with Crippen molar-refractivity contribution in [3.63, 3.8) is 0 Å². The Bertz CT molecular complexity index is 701. The first-order valence-electron chi connectivity index (χ1n) is 7.55. The first kappa shape index (κ1) is 14.6. The van der Waals surface area contributed by atoms with E-state index in [1.807, 2.05) is 52.1 Å². The smallest absolute Gasteiger partial charge is 0.226 e. The van der Waals surface area contributed by atoms with Crippen molar-refractivity contribution >= 4 is 11.7 Å². The third-order valence-electron chi connectivity index (χ3n) is 3.92. The van der Waals surface area contributed by atoms with Crippen molar-refractivity contribution in [3.05, 3.63) is 41.1 Å². The lowest BCUT2D eigenvalue weighted by molar-refractivity contribution is -0.116. The first-order chi connectivity index (χ1) is 10.5. The normalized spacial score (nSPS) is 17.3. The molecule has 5 heteroatoms. The van der Waals surface area contributed by atoms with Crippen molar-refractivity contribution < 1.29 is 9.53 Å². The second-order valence-corrected chi connectivity index (χ2v) is 6.01. The van der Waals surface area contributed by atoms with Crippen molar-refractivity contribution in [2.75, 3.05) is 5.32 Å². The number of aromatic nitrogens is 2. The lowest BCUT2D eigenvalue weighted by Crippen LogP contribution is -2.24. The maximum atomic E-state index is 12.0. The number of carbonyl (C=O) groups excluding carboxylic acids is 1. The Balaban J connectivity index is 1.97. The Kier molecular flexibility index (Phi) is 3.64. The minimum atomic E-state index is 0.0306. The van der Waals surface area contributed by atoms with Crippen LogP contribution in [0.3, 0.4) is 0 Å². The van der Waals surface area contributed by atoms with Gasteiger partial charge >= 0.3 is 0 Å². The standard InChI is InChI=1S/C17H21N3O2/c1-10(2)22-13-7-5-12(6-8-13)14-9-15(21)18-17-16(14)11(3)19-20(17)4/h5-8,10,14H,9H2,1-4H3,(H,18,21). The highest BCUT2D eigenvalue weighted by Crippen LogP contribution is 2.39. The van der Waals surface area contributed by atoms with E-state index in [0.29, 0.717) is 6.42 Å². The molecule has 22 heavy (non-hydrogen) atoms. The number of anilines is 1. The summed E-state index contributed by atoms with van der Waals surface area (Å²) in [4.78, 5) is 12.0. The van der Waals surface area contributed by atoms with Crippen molar-refractivity contribution in [1.82, 2.24) is 9.78 Å². The van der Waals surface area contributed by atoms with E-state index >= 15 is 0 Å². The van der Waals surface area contributed by atoms with Gasteiger partial charge in [-0.15, -0.1) is 0 Å². The molecular weight excluding hydrogens is 278 g/mol. The van der Waals surface area contributed by atoms with Crippen molar-refractivity contribution in [2.45, 2.75) is 39.2 Å². The highest BCUT2D eigenvalue weighted by Gasteiger charge is 2.31. The summed E-state index contributed by atoms with van der Waals surface area (Å²) >= 11 is 0. The zero-order valence-corrected chi connectivity index (χ0v) is 13.4. The highest BCUT2D eigenvalue weighted by molar-refractivity contribution is 5.94. The predicted molar refractivity (Wildman–Crippen MR) is 85.2 cm³/mol. The van der Waals surface area contributed by atoms with Gasteiger partial charge in [0.15, 0.2) is 0 Å². The molecule has 0 aliphatic carbocycles. The van der Waals surface area contributed by atoms with Gasteiger partial charge < -0.3 is 10.1 Å². The van der Waals surface area contributed by atoms with Gasteiger partial charge in [0, 0.05) is 24.9 Å². The van der Waals surface area contributed by atoms with Crippen molar-refractivity contribution in [3.8, 4) is 5.75 Å². The molecule has 1 aliphatic heterocycles. The van der Waals surface area contributed by atoms with E-state index in [1.165, 1.54) is 0 Å². The number of carbonyl (C=O) groups is 1. The van der Waals surface area contributed by atoms with E-state index in [1.54, 1.807) is 4.68 Å². The van der Waals surface area contributed by atoms with Gasteiger partial charge in [-0.05, 0) is 38.5 Å². The summed E-state index contributed by atoms with van der Waals surface area (Å²) in [6.45, 7) is 5.99. The molecule has 0 saturated carbocycles. The third-order valence-corrected chi connectivity index (χ3v) is 3.92. The Morgan fingerprint density at radius 1 is 1.32 bits per heavy atom. The minimum Gasteiger partial charge on any atom is -0.491 e. The maximum absolute atomic E-state index is 12.0. The topological polar surface area (TPSA) is 56.2 Å². The van der Waals surface area contributed by atoms with Crippen LogP contribution in [0.5, 0.6) is 5.75 Å². The number of hydrogen-bond acceptors (Lipinski definition) is 3. The van der Waals surface area contributed by atoms with Crippen molar-refractivity contribution in [2.24, 2.45) is 7.05 Å². The van der Waals surface area contributed by atoms with E-state index in [4.69, 9.17) is 4.74 Å². The summed E-state index contributed by atoms with van der Waals surface area (Å²) in [7, 11) is 1.86. The number of aryl methyl sites for hydroxylation is 2. The average Bonchev–Trinajstić information content (AvgIpc) is 2.73. The van der Waals surface area contributed by atoms with Gasteiger partial charge in [-0.25, -0.2) is 0 Å². The van der Waals surface area contributed by atoms with Gasteiger partial charge in [-0.3, -0.25) is 9.48 Å². The van der Waals surface area contributed by atoms with Crippen LogP contribution in [0.1, 0.15) is 43.0 Å². The zero-order valence-electron chi connectivity index (χ0n) is 13.4. The molecule has 1 atom stereocenters. The van der Waals surface area contributed by atoms with Gasteiger partial charge in [0.2, 0.25) is 5.91 Å². The number of amides is 1. The summed E-state index contributed by atoms with van der Waals surface area (Å²) in [5.74, 6) is 1.73. The van der Waals surface area contributed by atoms with Gasteiger partial charge in [-0.2, -0.15) is 5.10 Å². The van der Waals surface area contributed by atoms with Gasteiger partial charge in [0.25, 0.3) is 0 Å². The molecule has 1 aliphatic rings. The van der Waals surface area contributed by atoms with E-state index in [0.717, 1.165) is 28.4 Å². The summed E-state index contributed by atoms with van der Waals surface area (Å²) in [5.41, 5.74) is 3.19. The van der Waals surface area contributed by atoms with E-state index in [-0.39, 0.29) is 17.9 Å². The largest absolute Gasteiger partial charge is 0.491 e. The third kappa shape index (κ3) is 2.58. The lowest BCUT2D eigenvalue weighted by atomic mass is 9.86. The van der Waals surface area contributed by atoms with Crippen LogP contribution >= 0.6 is 0 Å². The molecule has 0 spiro atoms. The lowest BCUT2D eigenvalue weighted by Gasteiger charge is -2.24. The van der Waals surface area contributed by atoms with Crippen molar-refractivity contribution in [1.29, 1.82) is 0 Å². The Morgan fingerprint density at radius 3 is 2.64 bits per heavy atom. The fraction of sp³-hybridized carbons (Fsp3) is 0.412. The van der Waals surface area contributed by atoms with Crippen LogP contribution in [-0.2, 0) is 11.8 Å². The number of hydrogen-bond donors (Lipinski definition) is 1. The molecule has 2 heterocycles. The number of rotatable bonds is 3. The molecule has 0 bridgehead atoms. The molecule has 1 aromatic carbocycles. The van der Waals surface area contributed by atoms with Crippen LogP contribution in [0.2, 0.25) is 0 Å². The van der Waals surface area contributed by atoms with Gasteiger partial charge in [0.05, 0.1) is 11.8 Å². The molecule has 0 saturated heterocycles. The molecule has 1 aromatic heterocycles. The van der Waals surface area contributed by atoms with E-state index in [9.17, 15) is 4.79 Å². The molecule has 1 N–H and O–H groups in total. The number of nitrogens with zero attached hydrogens (tertiary/aromatic N) is 2. The second-order valence-electron chi connectivity index (χ2n) is 6.01. The Hall–Kier alpha value is -2.30. The van der Waals surface area contributed by atoms with Crippen LogP contribution in [-0.4, -0.2) is 21.8 Å². The SMILES string of the molecule is Cc1nn(C)c2c1C(c1ccc(OC(C)C)cc1)CC(=O)N2. The summed E-state index contributed by atoms with van der Waals surface area (Å²) < 4.78 is 7.42. The molecule has 0 fully saturated rings. The minimum absolute atomic E-state index is 0.0306. The summed E-state index contributed by atoms with van der Waals surface area (Å²) in [5, 5.41) is 7.36. The molecule has 3 rings (SSSR count). The summed E-state index contributed by atoms with van der Waals surface area (Å²) in [6, 6.07) is 8.01. The number of fused-ring (bicyclic) bond motifs is 1. The fourth-order valence-electron chi connectivity index (χ4n) is 3.05. The second kappa shape index (κ2) is 5.48. The molecule has 1 amide bonds. The summed E-state index contributed by atoms with van der Waals surface area (Å²) in [6.07, 6.45) is 0.600. The average molecular weight is 299 g/mol. The number of nitrogens with one attached hydrogen (secondary N) is 1. The molecular formula is C17H21N3O2. The highest BCUT2D eigenvalue weighted by atomic mass is 16.5. The molecule has 0 radical (unpaired) electrons. The Labute approximate surface area is 130 Å². The molecule has 1 unspecified atom stereocenters. The molecule has 116 valence electrons. The quantitative estimate of drug-likeness (QED) is 0.948. The molecule has 2 aromatic rings. The molecule has 5 nitrogen and oxygen atoms in total. The monoisotopic (exact) mass is 299 g/mol. The number of benzene rings is 1. The van der Waals surface area contributed by atoms with Crippen LogP contribution in [0.4, 0.5) is 5.82 Å². The first-order valence-corrected chi connectivity index (χ1v) is 7.55. The van der Waals surface area contributed by atoms with E-state index < -0.39 is 0 Å². The zero-order chi connectivity index (χ0) is 15.9. The fourth-order valence-corrected chi connectivity index (χ4v) is 3.05. The predicted octanol–water partition coefficient (Wildman–Crippen LogP) is 2.99.